The first-order valence-corrected chi connectivity index (χ1v) is 9.58. The van der Waals surface area contributed by atoms with Crippen molar-refractivity contribution in [2.75, 3.05) is 6.54 Å². The highest BCUT2D eigenvalue weighted by Crippen LogP contribution is 2.51. The third kappa shape index (κ3) is 5.00. The largest absolute Gasteiger partial charge is 0.468 e. The number of hydrogen-bond donors (Lipinski definition) is 5. The van der Waals surface area contributed by atoms with Gasteiger partial charge in [0.15, 0.2) is 0 Å². The topological polar surface area (TPSA) is 192 Å². The monoisotopic (exact) mass is 446 g/mol. The van der Waals surface area contributed by atoms with Gasteiger partial charge in [-0.15, -0.1) is 12.4 Å². The molecule has 29 heavy (non-hydrogen) atoms. The van der Waals surface area contributed by atoms with Gasteiger partial charge in [0, 0.05) is 25.2 Å². The fourth-order valence-corrected chi connectivity index (χ4v) is 3.58. The van der Waals surface area contributed by atoms with Crippen molar-refractivity contribution >= 4 is 36.7 Å². The van der Waals surface area contributed by atoms with E-state index in [2.05, 4.69) is 15.3 Å². The number of nitro groups is 1. The van der Waals surface area contributed by atoms with Crippen LogP contribution in [0.1, 0.15) is 17.0 Å². The highest BCUT2D eigenvalue weighted by Gasteiger charge is 2.32. The Morgan fingerprint density at radius 2 is 1.93 bits per heavy atom. The van der Waals surface area contributed by atoms with Crippen LogP contribution in [0, 0.1) is 10.1 Å². The number of hydrogen-bond acceptors (Lipinski definition) is 7. The molecule has 156 valence electrons. The molecule has 1 unspecified atom stereocenters. The first-order valence-electron chi connectivity index (χ1n) is 7.90. The van der Waals surface area contributed by atoms with Crippen molar-refractivity contribution in [3.05, 3.63) is 72.7 Å². The first-order chi connectivity index (χ1) is 13.2. The van der Waals surface area contributed by atoms with Gasteiger partial charge < -0.3 is 29.5 Å². The Morgan fingerprint density at radius 1 is 1.24 bits per heavy atom. The summed E-state index contributed by atoms with van der Waals surface area (Å²) in [5.41, 5.74) is -2.95. The number of aromatic nitrogens is 2. The minimum Gasteiger partial charge on any atom is -0.468 e. The van der Waals surface area contributed by atoms with Gasteiger partial charge in [-0.05, 0) is 17.7 Å². The normalized spacial score (nSPS) is 12.5. The van der Waals surface area contributed by atoms with Crippen molar-refractivity contribution in [1.29, 1.82) is 0 Å². The summed E-state index contributed by atoms with van der Waals surface area (Å²) in [6, 6.07) is 5.23. The fraction of sp³-hybridized carbons (Fsp3) is 0.200. The molecule has 3 aromatic rings. The van der Waals surface area contributed by atoms with E-state index in [0.29, 0.717) is 0 Å². The maximum atomic E-state index is 11.7. The van der Waals surface area contributed by atoms with Crippen LogP contribution in [0.15, 0.2) is 44.5 Å². The van der Waals surface area contributed by atoms with Crippen LogP contribution in [0.5, 0.6) is 0 Å². The van der Waals surface area contributed by atoms with Crippen LogP contribution in [-0.4, -0.2) is 31.2 Å². The smallest absolute Gasteiger partial charge is 0.337 e. The van der Waals surface area contributed by atoms with E-state index >= 15 is 0 Å². The molecule has 3 rings (SSSR count). The molecule has 2 heterocycles. The van der Waals surface area contributed by atoms with Crippen molar-refractivity contribution in [2.24, 2.45) is 0 Å². The molecule has 0 spiro atoms. The van der Waals surface area contributed by atoms with Crippen molar-refractivity contribution in [1.82, 2.24) is 15.3 Å². The molecule has 1 atom stereocenters. The van der Waals surface area contributed by atoms with Gasteiger partial charge in [-0.25, -0.2) is 0 Å². The van der Waals surface area contributed by atoms with Crippen LogP contribution in [-0.2, 0) is 11.1 Å². The molecule has 0 bridgehead atoms. The van der Waals surface area contributed by atoms with Crippen molar-refractivity contribution in [3.63, 3.8) is 0 Å². The van der Waals surface area contributed by atoms with E-state index in [1.807, 2.05) is 0 Å². The van der Waals surface area contributed by atoms with E-state index in [9.17, 15) is 34.1 Å². The zero-order chi connectivity index (χ0) is 20.5. The highest BCUT2D eigenvalue weighted by atomic mass is 35.5. The maximum absolute atomic E-state index is 11.7. The Labute approximate surface area is 167 Å². The molecule has 5 N–H and O–H groups in total. The number of H-pyrrole nitrogens is 2. The SMILES string of the molecule is Cl.O=c1[nH]c2cc([N+](=O)[O-])cc(CNCC(c3ccco3)P(=O)(O)O)c2[nH]c1=O. The quantitative estimate of drug-likeness (QED) is 0.153. The number of halogens is 1. The van der Waals surface area contributed by atoms with Crippen LogP contribution in [0.3, 0.4) is 0 Å². The molecule has 0 saturated heterocycles. The number of nitrogens with zero attached hydrogens (tertiary/aromatic N) is 1. The van der Waals surface area contributed by atoms with Crippen LogP contribution in [0.4, 0.5) is 5.69 Å². The molecule has 0 aliphatic rings. The van der Waals surface area contributed by atoms with E-state index in [1.165, 1.54) is 24.5 Å². The third-order valence-electron chi connectivity index (χ3n) is 4.04. The standard InChI is InChI=1S/C15H15N4O8P.ClH/c20-14-15(21)18-13-8(4-9(19(22)23)5-10(13)17-14)6-16-7-12(28(24,25)26)11-2-1-3-27-11;/h1-5,12,16H,6-7H2,(H,17,20)(H,18,21)(H2,24,25,26);1H. The van der Waals surface area contributed by atoms with E-state index < -0.39 is 29.3 Å². The number of non-ortho nitro benzene ring substituents is 1. The van der Waals surface area contributed by atoms with Crippen LogP contribution in [0.2, 0.25) is 0 Å². The highest BCUT2D eigenvalue weighted by molar-refractivity contribution is 7.52. The van der Waals surface area contributed by atoms with E-state index in [4.69, 9.17) is 4.42 Å². The summed E-state index contributed by atoms with van der Waals surface area (Å²) in [5, 5.41) is 13.9. The van der Waals surface area contributed by atoms with E-state index in [1.54, 1.807) is 0 Å². The molecule has 0 fully saturated rings. The Morgan fingerprint density at radius 3 is 2.52 bits per heavy atom. The lowest BCUT2D eigenvalue weighted by Crippen LogP contribution is -2.29. The van der Waals surface area contributed by atoms with E-state index in [0.717, 1.165) is 6.07 Å². The lowest BCUT2D eigenvalue weighted by atomic mass is 10.1. The average molecular weight is 447 g/mol. The van der Waals surface area contributed by atoms with Gasteiger partial charge in [0.05, 0.1) is 22.2 Å². The second-order valence-electron chi connectivity index (χ2n) is 5.94. The summed E-state index contributed by atoms with van der Waals surface area (Å²) >= 11 is 0. The van der Waals surface area contributed by atoms with Gasteiger partial charge >= 0.3 is 18.7 Å². The molecule has 0 saturated carbocycles. The minimum absolute atomic E-state index is 0. The summed E-state index contributed by atoms with van der Waals surface area (Å²) in [6.07, 6.45) is 1.28. The molecular formula is C15H16ClN4O8P. The van der Waals surface area contributed by atoms with Gasteiger partial charge in [0.25, 0.3) is 5.69 Å². The number of furan rings is 1. The zero-order valence-corrected chi connectivity index (χ0v) is 16.2. The molecule has 0 radical (unpaired) electrons. The number of benzene rings is 1. The molecule has 1 aromatic carbocycles. The number of nitrogens with one attached hydrogen (secondary N) is 3. The van der Waals surface area contributed by atoms with Crippen molar-refractivity contribution in [3.8, 4) is 0 Å². The predicted octanol–water partition coefficient (Wildman–Crippen LogP) is 1.15. The van der Waals surface area contributed by atoms with Gasteiger partial charge in [-0.2, -0.15) is 0 Å². The molecule has 2 aromatic heterocycles. The third-order valence-corrected chi connectivity index (χ3v) is 5.29. The first kappa shape index (κ1) is 22.5. The number of nitro benzene ring substituents is 1. The fourth-order valence-electron chi connectivity index (χ4n) is 2.74. The van der Waals surface area contributed by atoms with Gasteiger partial charge in [0.2, 0.25) is 0 Å². The summed E-state index contributed by atoms with van der Waals surface area (Å²) in [4.78, 5) is 57.3. The Bertz CT molecular complexity index is 1180. The Kier molecular flexibility index (Phi) is 6.77. The predicted molar refractivity (Wildman–Crippen MR) is 104 cm³/mol. The molecular weight excluding hydrogens is 431 g/mol. The zero-order valence-electron chi connectivity index (χ0n) is 14.5. The second-order valence-corrected chi connectivity index (χ2v) is 7.75. The average Bonchev–Trinajstić information content (AvgIpc) is 3.12. The van der Waals surface area contributed by atoms with Crippen LogP contribution >= 0.6 is 20.0 Å². The lowest BCUT2D eigenvalue weighted by molar-refractivity contribution is -0.384. The lowest BCUT2D eigenvalue weighted by Gasteiger charge is -2.17. The number of rotatable bonds is 7. The Hall–Kier alpha value is -2.76. The van der Waals surface area contributed by atoms with Crippen molar-refractivity contribution in [2.45, 2.75) is 12.2 Å². The summed E-state index contributed by atoms with van der Waals surface area (Å²) in [6.45, 7) is -0.271. The molecule has 12 nitrogen and oxygen atoms in total. The summed E-state index contributed by atoms with van der Waals surface area (Å²) < 4.78 is 16.8. The minimum atomic E-state index is -4.54. The number of aromatic amines is 2. The molecule has 0 amide bonds. The van der Waals surface area contributed by atoms with Gasteiger partial charge in [-0.1, -0.05) is 0 Å². The maximum Gasteiger partial charge on any atom is 0.337 e. The second kappa shape index (κ2) is 8.72. The van der Waals surface area contributed by atoms with Gasteiger partial charge in [0.1, 0.15) is 11.4 Å². The van der Waals surface area contributed by atoms with Crippen LogP contribution < -0.4 is 16.4 Å². The van der Waals surface area contributed by atoms with Crippen molar-refractivity contribution < 1.29 is 23.7 Å². The molecule has 0 aliphatic carbocycles. The Balaban J connectivity index is 0.00000300. The molecule has 0 aliphatic heterocycles. The van der Waals surface area contributed by atoms with Crippen LogP contribution in [0.25, 0.3) is 11.0 Å². The molecule has 14 heteroatoms. The van der Waals surface area contributed by atoms with Gasteiger partial charge in [-0.3, -0.25) is 24.3 Å². The van der Waals surface area contributed by atoms with E-state index in [-0.39, 0.29) is 53.5 Å². The summed E-state index contributed by atoms with van der Waals surface area (Å²) in [5.74, 6) is 0.0856. The number of fused-ring (bicyclic) bond motifs is 1. The summed E-state index contributed by atoms with van der Waals surface area (Å²) in [7, 11) is -4.54.